The number of rotatable bonds is 4. The normalized spacial score (nSPS) is 13.2. The van der Waals surface area contributed by atoms with Gasteiger partial charge in [-0.25, -0.2) is 0 Å². The quantitative estimate of drug-likeness (QED) is 0.540. The van der Waals surface area contributed by atoms with Crippen LogP contribution in [0.2, 0.25) is 0 Å². The van der Waals surface area contributed by atoms with Crippen molar-refractivity contribution in [1.29, 1.82) is 0 Å². The Labute approximate surface area is 154 Å². The molecule has 3 rings (SSSR count). The van der Waals surface area contributed by atoms with Crippen LogP contribution in [0.1, 0.15) is 18.1 Å². The van der Waals surface area contributed by atoms with Crippen LogP contribution >= 0.6 is 0 Å². The predicted octanol–water partition coefficient (Wildman–Crippen LogP) is 4.91. The Morgan fingerprint density at radius 2 is 1.38 bits per heavy atom. The van der Waals surface area contributed by atoms with Gasteiger partial charge in [-0.3, -0.25) is 0 Å². The van der Waals surface area contributed by atoms with Gasteiger partial charge in [-0.05, 0) is 42.7 Å². The molecule has 2 heteroatoms. The fraction of sp³-hybridized carbons (Fsp3) is 0.0833. The molecule has 0 heterocycles. The predicted molar refractivity (Wildman–Crippen MR) is 104 cm³/mol. The second kappa shape index (κ2) is 8.20. The van der Waals surface area contributed by atoms with Crippen LogP contribution in [-0.2, 0) is 5.60 Å². The molecule has 0 saturated carbocycles. The molecule has 26 heavy (non-hydrogen) atoms. The van der Waals surface area contributed by atoms with Crippen molar-refractivity contribution in [2.45, 2.75) is 12.5 Å². The lowest BCUT2D eigenvalue weighted by molar-refractivity contribution is 0.108. The van der Waals surface area contributed by atoms with Gasteiger partial charge in [0.1, 0.15) is 11.4 Å². The van der Waals surface area contributed by atoms with Gasteiger partial charge in [0, 0.05) is 11.6 Å². The topological polar surface area (TPSA) is 29.5 Å². The molecule has 0 spiro atoms. The molecule has 0 saturated heterocycles. The van der Waals surface area contributed by atoms with E-state index in [0.29, 0.717) is 11.5 Å². The Balaban J connectivity index is 1.96. The summed E-state index contributed by atoms with van der Waals surface area (Å²) in [6, 6.07) is 28.6. The summed E-state index contributed by atoms with van der Waals surface area (Å²) in [5.41, 5.74) is 0.460. The smallest absolute Gasteiger partial charge is 0.176 e. The van der Waals surface area contributed by atoms with Crippen molar-refractivity contribution in [2.24, 2.45) is 0 Å². The van der Waals surface area contributed by atoms with Gasteiger partial charge in [0.25, 0.3) is 0 Å². The van der Waals surface area contributed by atoms with Crippen LogP contribution in [0.15, 0.2) is 103 Å². The van der Waals surface area contributed by atoms with Crippen molar-refractivity contribution >= 4 is 0 Å². The first kappa shape index (κ1) is 17.5. The highest BCUT2D eigenvalue weighted by atomic mass is 16.5. The number of hydrogen-bond donors (Lipinski definition) is 1. The summed E-state index contributed by atoms with van der Waals surface area (Å²) in [5, 5.41) is 10.9. The number of allylic oxidation sites excluding steroid dienone is 1. The molecule has 2 nitrogen and oxygen atoms in total. The third-order valence-corrected chi connectivity index (χ3v) is 3.85. The first-order chi connectivity index (χ1) is 12.6. The van der Waals surface area contributed by atoms with E-state index in [-0.39, 0.29) is 0 Å². The fourth-order valence-corrected chi connectivity index (χ4v) is 2.48. The molecule has 0 aromatic heterocycles. The molecule has 0 aliphatic heterocycles. The molecule has 3 aromatic rings. The lowest BCUT2D eigenvalue weighted by Crippen LogP contribution is -2.19. The van der Waals surface area contributed by atoms with Gasteiger partial charge in [-0.2, -0.15) is 0 Å². The Kier molecular flexibility index (Phi) is 5.53. The maximum atomic E-state index is 10.9. The molecular weight excluding hydrogens is 320 g/mol. The van der Waals surface area contributed by atoms with Crippen molar-refractivity contribution in [3.8, 4) is 17.6 Å². The maximum Gasteiger partial charge on any atom is 0.176 e. The van der Waals surface area contributed by atoms with Crippen molar-refractivity contribution in [3.63, 3.8) is 0 Å². The van der Waals surface area contributed by atoms with E-state index in [1.165, 1.54) is 0 Å². The van der Waals surface area contributed by atoms with Crippen molar-refractivity contribution in [1.82, 2.24) is 0 Å². The van der Waals surface area contributed by atoms with Gasteiger partial charge in [0.15, 0.2) is 5.76 Å². The number of benzene rings is 3. The van der Waals surface area contributed by atoms with Crippen molar-refractivity contribution in [3.05, 3.63) is 114 Å². The summed E-state index contributed by atoms with van der Waals surface area (Å²) in [6.45, 7) is 1.72. The second-order valence-corrected chi connectivity index (χ2v) is 6.05. The SMILES string of the molecule is CC(O)(/C=C(/C#Cc1ccccc1)Oc1ccccc1)c1ccccc1. The number of aliphatic hydroxyl groups is 1. The van der Waals surface area contributed by atoms with E-state index in [1.54, 1.807) is 13.0 Å². The number of para-hydroxylation sites is 1. The summed E-state index contributed by atoms with van der Waals surface area (Å²) < 4.78 is 5.92. The summed E-state index contributed by atoms with van der Waals surface area (Å²) in [6.07, 6.45) is 1.64. The average Bonchev–Trinajstić information content (AvgIpc) is 2.68. The van der Waals surface area contributed by atoms with E-state index in [4.69, 9.17) is 4.74 Å². The van der Waals surface area contributed by atoms with Crippen LogP contribution in [0, 0.1) is 11.8 Å². The van der Waals surface area contributed by atoms with E-state index >= 15 is 0 Å². The van der Waals surface area contributed by atoms with Crippen LogP contribution in [0.25, 0.3) is 0 Å². The third kappa shape index (κ3) is 4.86. The first-order valence-electron chi connectivity index (χ1n) is 8.44. The Morgan fingerprint density at radius 1 is 0.846 bits per heavy atom. The van der Waals surface area contributed by atoms with Gasteiger partial charge in [0.2, 0.25) is 0 Å². The summed E-state index contributed by atoms with van der Waals surface area (Å²) in [4.78, 5) is 0. The van der Waals surface area contributed by atoms with Crippen LogP contribution < -0.4 is 4.74 Å². The minimum absolute atomic E-state index is 0.397. The molecule has 1 unspecified atom stereocenters. The van der Waals surface area contributed by atoms with Crippen LogP contribution in [-0.4, -0.2) is 5.11 Å². The Hall–Kier alpha value is -3.28. The van der Waals surface area contributed by atoms with Crippen LogP contribution in [0.4, 0.5) is 0 Å². The summed E-state index contributed by atoms with van der Waals surface area (Å²) in [5.74, 6) is 7.19. The molecule has 0 aliphatic rings. The van der Waals surface area contributed by atoms with Crippen molar-refractivity contribution < 1.29 is 9.84 Å². The lowest BCUT2D eigenvalue weighted by Gasteiger charge is -2.20. The zero-order valence-electron chi connectivity index (χ0n) is 14.6. The molecule has 3 aromatic carbocycles. The average molecular weight is 340 g/mol. The first-order valence-corrected chi connectivity index (χ1v) is 8.44. The van der Waals surface area contributed by atoms with E-state index < -0.39 is 5.60 Å². The van der Waals surface area contributed by atoms with Gasteiger partial charge in [-0.1, -0.05) is 72.7 Å². The van der Waals surface area contributed by atoms with Gasteiger partial charge < -0.3 is 9.84 Å². The largest absolute Gasteiger partial charge is 0.449 e. The molecule has 0 aliphatic carbocycles. The van der Waals surface area contributed by atoms with E-state index in [2.05, 4.69) is 11.8 Å². The standard InChI is InChI=1S/C24H20O2/c1-24(25,21-13-7-3-8-14-21)19-23(26-22-15-9-4-10-16-22)18-17-20-11-5-2-6-12-20/h2-16,19,25H,1H3/b23-19-. The van der Waals surface area contributed by atoms with Gasteiger partial charge in [-0.15, -0.1) is 0 Å². The molecule has 0 fully saturated rings. The minimum atomic E-state index is -1.20. The molecule has 1 atom stereocenters. The molecular formula is C24H20O2. The molecule has 128 valence electrons. The van der Waals surface area contributed by atoms with E-state index in [0.717, 1.165) is 11.1 Å². The number of hydrogen-bond acceptors (Lipinski definition) is 2. The van der Waals surface area contributed by atoms with E-state index in [1.807, 2.05) is 91.0 Å². The highest BCUT2D eigenvalue weighted by molar-refractivity contribution is 5.42. The lowest BCUT2D eigenvalue weighted by atomic mass is 9.95. The summed E-state index contributed by atoms with van der Waals surface area (Å²) in [7, 11) is 0. The number of ether oxygens (including phenoxy) is 1. The Morgan fingerprint density at radius 3 is 2.00 bits per heavy atom. The zero-order valence-corrected chi connectivity index (χ0v) is 14.6. The van der Waals surface area contributed by atoms with Crippen LogP contribution in [0.3, 0.4) is 0 Å². The highest BCUT2D eigenvalue weighted by Gasteiger charge is 2.21. The summed E-state index contributed by atoms with van der Waals surface area (Å²) >= 11 is 0. The van der Waals surface area contributed by atoms with Gasteiger partial charge >= 0.3 is 0 Å². The molecule has 0 amide bonds. The molecule has 0 radical (unpaired) electrons. The van der Waals surface area contributed by atoms with Crippen molar-refractivity contribution in [2.75, 3.05) is 0 Å². The maximum absolute atomic E-state index is 10.9. The second-order valence-electron chi connectivity index (χ2n) is 6.05. The molecule has 0 bridgehead atoms. The fourth-order valence-electron chi connectivity index (χ4n) is 2.48. The minimum Gasteiger partial charge on any atom is -0.449 e. The third-order valence-electron chi connectivity index (χ3n) is 3.85. The zero-order chi connectivity index (χ0) is 18.2. The monoisotopic (exact) mass is 340 g/mol. The van der Waals surface area contributed by atoms with Crippen LogP contribution in [0.5, 0.6) is 5.75 Å². The highest BCUT2D eigenvalue weighted by Crippen LogP contribution is 2.24. The Bertz CT molecular complexity index is 915. The molecule has 1 N–H and O–H groups in total. The van der Waals surface area contributed by atoms with E-state index in [9.17, 15) is 5.11 Å². The van der Waals surface area contributed by atoms with Gasteiger partial charge in [0.05, 0.1) is 0 Å².